The topological polar surface area (TPSA) is 32.3 Å². The fraction of sp³-hybridized carbons (Fsp3) is 1.00. The maximum Gasteiger partial charge on any atom is 0.0583 e. The van der Waals surface area contributed by atoms with Crippen molar-refractivity contribution in [3.05, 3.63) is 0 Å². The van der Waals surface area contributed by atoms with Gasteiger partial charge in [-0.25, -0.2) is 0 Å². The highest BCUT2D eigenvalue weighted by molar-refractivity contribution is 4.87. The zero-order valence-corrected chi connectivity index (χ0v) is 13.4. The Morgan fingerprint density at radius 1 is 0.700 bits per heavy atom. The fourth-order valence-corrected chi connectivity index (χ4v) is 4.18. The van der Waals surface area contributed by atoms with Crippen molar-refractivity contribution in [1.82, 2.24) is 5.32 Å². The molecule has 2 N–H and O–H groups in total. The Bertz CT molecular complexity index is 256. The second-order valence-electron chi connectivity index (χ2n) is 7.24. The second kappa shape index (κ2) is 9.04. The van der Waals surface area contributed by atoms with E-state index < -0.39 is 0 Å². The second-order valence-corrected chi connectivity index (χ2v) is 7.24. The quantitative estimate of drug-likeness (QED) is 0.746. The first-order valence-electron chi connectivity index (χ1n) is 9.21. The van der Waals surface area contributed by atoms with Crippen LogP contribution in [0.5, 0.6) is 0 Å². The Hall–Kier alpha value is -0.0800. The van der Waals surface area contributed by atoms with E-state index in [0.29, 0.717) is 18.0 Å². The van der Waals surface area contributed by atoms with E-state index in [1.165, 1.54) is 77.0 Å². The lowest BCUT2D eigenvalue weighted by Crippen LogP contribution is -2.48. The summed E-state index contributed by atoms with van der Waals surface area (Å²) >= 11 is 0. The Morgan fingerprint density at radius 3 is 1.95 bits per heavy atom. The molecule has 2 fully saturated rings. The molecule has 2 nitrogen and oxygen atoms in total. The van der Waals surface area contributed by atoms with Crippen molar-refractivity contribution in [2.75, 3.05) is 0 Å². The molecule has 0 aromatic heterocycles. The zero-order valence-electron chi connectivity index (χ0n) is 13.4. The van der Waals surface area contributed by atoms with Crippen LogP contribution < -0.4 is 5.32 Å². The van der Waals surface area contributed by atoms with Gasteiger partial charge in [-0.3, -0.25) is 0 Å². The molecule has 1 aliphatic heterocycles. The third-order valence-electron chi connectivity index (χ3n) is 5.45. The van der Waals surface area contributed by atoms with Gasteiger partial charge in [-0.15, -0.1) is 0 Å². The normalized spacial score (nSPS) is 38.7. The number of nitrogens with one attached hydrogen (secondary N) is 1. The van der Waals surface area contributed by atoms with Crippen LogP contribution in [0.25, 0.3) is 0 Å². The molecule has 2 heteroatoms. The van der Waals surface area contributed by atoms with Crippen molar-refractivity contribution in [2.45, 2.75) is 109 Å². The summed E-state index contributed by atoms with van der Waals surface area (Å²) in [6.45, 7) is 2.30. The molecular weight excluding hydrogens is 246 g/mol. The molecule has 1 heterocycles. The lowest BCUT2D eigenvalue weighted by molar-refractivity contribution is 0.0553. The summed E-state index contributed by atoms with van der Waals surface area (Å²) in [6, 6.07) is 1.21. The van der Waals surface area contributed by atoms with Gasteiger partial charge in [0, 0.05) is 18.0 Å². The number of hydrogen-bond acceptors (Lipinski definition) is 2. The molecule has 0 amide bonds. The molecule has 1 saturated heterocycles. The van der Waals surface area contributed by atoms with Gasteiger partial charge >= 0.3 is 0 Å². The van der Waals surface area contributed by atoms with Gasteiger partial charge in [-0.2, -0.15) is 0 Å². The van der Waals surface area contributed by atoms with Crippen molar-refractivity contribution in [3.63, 3.8) is 0 Å². The minimum Gasteiger partial charge on any atom is -0.393 e. The number of hydrogen-bond donors (Lipinski definition) is 2. The molecule has 0 spiro atoms. The molecule has 0 bridgehead atoms. The lowest BCUT2D eigenvalue weighted by atomic mass is 9.81. The molecule has 118 valence electrons. The van der Waals surface area contributed by atoms with Crippen molar-refractivity contribution in [2.24, 2.45) is 5.92 Å². The van der Waals surface area contributed by atoms with E-state index in [-0.39, 0.29) is 6.10 Å². The van der Waals surface area contributed by atoms with Crippen LogP contribution in [-0.4, -0.2) is 23.3 Å². The highest BCUT2D eigenvalue weighted by Crippen LogP contribution is 2.28. The number of aliphatic hydroxyl groups is 1. The highest BCUT2D eigenvalue weighted by Gasteiger charge is 2.30. The van der Waals surface area contributed by atoms with Crippen molar-refractivity contribution >= 4 is 0 Å². The van der Waals surface area contributed by atoms with Crippen LogP contribution >= 0.6 is 0 Å². The molecule has 1 aliphatic carbocycles. The van der Waals surface area contributed by atoms with E-state index in [1.807, 2.05) is 0 Å². The van der Waals surface area contributed by atoms with Crippen LogP contribution in [0.3, 0.4) is 0 Å². The molecule has 2 rings (SSSR count). The zero-order chi connectivity index (χ0) is 14.2. The maximum absolute atomic E-state index is 10.7. The smallest absolute Gasteiger partial charge is 0.0583 e. The standard InChI is InChI=1S/C18H35NO/c1-15-11-10-13-17(19-15)16-12-8-6-4-2-3-5-7-9-14-18(16)20/h15-20H,2-14H2,1H3. The first kappa shape index (κ1) is 16.3. The largest absolute Gasteiger partial charge is 0.393 e. The van der Waals surface area contributed by atoms with Crippen LogP contribution in [0.4, 0.5) is 0 Å². The molecule has 0 aromatic carbocycles. The molecule has 20 heavy (non-hydrogen) atoms. The van der Waals surface area contributed by atoms with E-state index in [4.69, 9.17) is 0 Å². The Kier molecular flexibility index (Phi) is 7.37. The van der Waals surface area contributed by atoms with Crippen LogP contribution in [0.15, 0.2) is 0 Å². The van der Waals surface area contributed by atoms with Gasteiger partial charge in [-0.05, 0) is 32.6 Å². The predicted octanol–water partition coefficient (Wildman–Crippen LogP) is 4.41. The monoisotopic (exact) mass is 281 g/mol. The van der Waals surface area contributed by atoms with Gasteiger partial charge in [0.15, 0.2) is 0 Å². The van der Waals surface area contributed by atoms with Gasteiger partial charge in [0.1, 0.15) is 0 Å². The molecule has 0 aromatic rings. The highest BCUT2D eigenvalue weighted by atomic mass is 16.3. The average molecular weight is 281 g/mol. The molecule has 0 radical (unpaired) electrons. The van der Waals surface area contributed by atoms with Crippen molar-refractivity contribution in [1.29, 1.82) is 0 Å². The van der Waals surface area contributed by atoms with Crippen LogP contribution in [0, 0.1) is 5.92 Å². The molecule has 2 aliphatic rings. The van der Waals surface area contributed by atoms with Crippen LogP contribution in [-0.2, 0) is 0 Å². The Morgan fingerprint density at radius 2 is 1.30 bits per heavy atom. The van der Waals surface area contributed by atoms with Crippen molar-refractivity contribution in [3.8, 4) is 0 Å². The lowest BCUT2D eigenvalue weighted by Gasteiger charge is -2.37. The van der Waals surface area contributed by atoms with E-state index in [2.05, 4.69) is 12.2 Å². The summed E-state index contributed by atoms with van der Waals surface area (Å²) in [5, 5.41) is 14.4. The molecule has 1 saturated carbocycles. The van der Waals surface area contributed by atoms with Gasteiger partial charge in [0.25, 0.3) is 0 Å². The van der Waals surface area contributed by atoms with Gasteiger partial charge < -0.3 is 10.4 Å². The van der Waals surface area contributed by atoms with Gasteiger partial charge in [-0.1, -0.05) is 57.8 Å². The Labute approximate surface area is 125 Å². The van der Waals surface area contributed by atoms with Crippen LogP contribution in [0.1, 0.15) is 90.4 Å². The first-order valence-corrected chi connectivity index (χ1v) is 9.21. The van der Waals surface area contributed by atoms with Gasteiger partial charge in [0.05, 0.1) is 6.10 Å². The molecule has 4 unspecified atom stereocenters. The van der Waals surface area contributed by atoms with E-state index >= 15 is 0 Å². The SMILES string of the molecule is CC1CCCC(C2CCCCCCCCCCC2O)N1. The number of piperidine rings is 1. The first-order chi connectivity index (χ1) is 9.77. The van der Waals surface area contributed by atoms with E-state index in [1.54, 1.807) is 0 Å². The minimum atomic E-state index is -0.0720. The summed E-state index contributed by atoms with van der Waals surface area (Å²) in [6.07, 6.45) is 16.9. The number of aliphatic hydroxyl groups excluding tert-OH is 1. The summed E-state index contributed by atoms with van der Waals surface area (Å²) in [4.78, 5) is 0. The summed E-state index contributed by atoms with van der Waals surface area (Å²) in [7, 11) is 0. The van der Waals surface area contributed by atoms with Gasteiger partial charge in [0.2, 0.25) is 0 Å². The maximum atomic E-state index is 10.7. The van der Waals surface area contributed by atoms with E-state index in [0.717, 1.165) is 6.42 Å². The van der Waals surface area contributed by atoms with Crippen LogP contribution in [0.2, 0.25) is 0 Å². The van der Waals surface area contributed by atoms with E-state index in [9.17, 15) is 5.11 Å². The fourth-order valence-electron chi connectivity index (χ4n) is 4.18. The summed E-state index contributed by atoms with van der Waals surface area (Å²) in [5.41, 5.74) is 0. The minimum absolute atomic E-state index is 0.0720. The average Bonchev–Trinajstić information content (AvgIpc) is 2.43. The third kappa shape index (κ3) is 5.37. The summed E-state index contributed by atoms with van der Waals surface area (Å²) < 4.78 is 0. The molecule has 4 atom stereocenters. The summed E-state index contributed by atoms with van der Waals surface area (Å²) in [5.74, 6) is 0.497. The van der Waals surface area contributed by atoms with Crippen molar-refractivity contribution < 1.29 is 5.11 Å². The Balaban J connectivity index is 1.89. The molecular formula is C18H35NO. The number of rotatable bonds is 1. The third-order valence-corrected chi connectivity index (χ3v) is 5.45. The predicted molar refractivity (Wildman–Crippen MR) is 85.9 cm³/mol.